The number of nitrogens with one attached hydrogen (secondary N) is 1. The average Bonchev–Trinajstić information content (AvgIpc) is 2.87. The highest BCUT2D eigenvalue weighted by Crippen LogP contribution is 2.28. The molecule has 0 saturated carbocycles. The third-order valence-corrected chi connectivity index (χ3v) is 3.79. The van der Waals surface area contributed by atoms with Crippen LogP contribution in [0.2, 0.25) is 0 Å². The number of aryl methyl sites for hydroxylation is 1. The number of hydrogen-bond donors (Lipinski definition) is 1. The summed E-state index contributed by atoms with van der Waals surface area (Å²) >= 11 is 1.25. The van der Waals surface area contributed by atoms with Gasteiger partial charge >= 0.3 is 5.97 Å². The highest BCUT2D eigenvalue weighted by Gasteiger charge is 2.18. The van der Waals surface area contributed by atoms with Gasteiger partial charge in [0.25, 0.3) is 11.6 Å². The highest BCUT2D eigenvalue weighted by atomic mass is 32.1. The summed E-state index contributed by atoms with van der Waals surface area (Å²) in [7, 11) is 1.26. The first-order chi connectivity index (χ1) is 10.4. The maximum absolute atomic E-state index is 12.1. The molecule has 2 rings (SSSR count). The zero-order valence-electron chi connectivity index (χ0n) is 11.8. The second-order valence-electron chi connectivity index (χ2n) is 4.35. The van der Waals surface area contributed by atoms with E-state index in [2.05, 4.69) is 10.1 Å². The number of hydrogen-bond acceptors (Lipinski definition) is 6. The maximum atomic E-state index is 12.1. The molecule has 0 aliphatic rings. The zero-order chi connectivity index (χ0) is 16.3. The fourth-order valence-corrected chi connectivity index (χ4v) is 2.67. The van der Waals surface area contributed by atoms with Crippen molar-refractivity contribution in [2.45, 2.75) is 6.92 Å². The van der Waals surface area contributed by atoms with Gasteiger partial charge in [-0.3, -0.25) is 14.9 Å². The lowest BCUT2D eigenvalue weighted by molar-refractivity contribution is -0.384. The number of benzene rings is 1. The second-order valence-corrected chi connectivity index (χ2v) is 5.61. The monoisotopic (exact) mass is 320 g/mol. The number of non-ortho nitro benzene ring substituents is 1. The molecule has 2 aromatic rings. The van der Waals surface area contributed by atoms with E-state index in [0.29, 0.717) is 5.00 Å². The number of ether oxygens (including phenoxy) is 1. The molecular weight excluding hydrogens is 308 g/mol. The number of anilines is 1. The molecule has 22 heavy (non-hydrogen) atoms. The first-order valence-corrected chi connectivity index (χ1v) is 6.98. The van der Waals surface area contributed by atoms with E-state index in [9.17, 15) is 19.7 Å². The maximum Gasteiger partial charge on any atom is 0.340 e. The Hall–Kier alpha value is -2.74. The highest BCUT2D eigenvalue weighted by molar-refractivity contribution is 7.16. The summed E-state index contributed by atoms with van der Waals surface area (Å²) in [6, 6.07) is 6.82. The smallest absolute Gasteiger partial charge is 0.340 e. The van der Waals surface area contributed by atoms with Crippen LogP contribution in [0.15, 0.2) is 30.3 Å². The molecule has 0 unspecified atom stereocenters. The number of rotatable bonds is 4. The molecule has 1 amide bonds. The molecule has 0 aliphatic heterocycles. The third kappa shape index (κ3) is 3.29. The minimum absolute atomic E-state index is 0.0984. The Kier molecular flexibility index (Phi) is 4.52. The van der Waals surface area contributed by atoms with Crippen LogP contribution in [0.4, 0.5) is 10.7 Å². The van der Waals surface area contributed by atoms with Crippen LogP contribution in [0.3, 0.4) is 0 Å². The zero-order valence-corrected chi connectivity index (χ0v) is 12.6. The van der Waals surface area contributed by atoms with Gasteiger partial charge in [0.1, 0.15) is 5.00 Å². The van der Waals surface area contributed by atoms with Gasteiger partial charge in [0.2, 0.25) is 0 Å². The number of esters is 1. The molecule has 7 nitrogen and oxygen atoms in total. The Morgan fingerprint density at radius 2 is 1.91 bits per heavy atom. The Bertz CT molecular complexity index is 736. The first kappa shape index (κ1) is 15.6. The molecule has 0 aliphatic carbocycles. The topological polar surface area (TPSA) is 98.5 Å². The van der Waals surface area contributed by atoms with Crippen LogP contribution in [0.5, 0.6) is 0 Å². The fraction of sp³-hybridized carbons (Fsp3) is 0.143. The molecule has 1 heterocycles. The van der Waals surface area contributed by atoms with Gasteiger partial charge in [-0.1, -0.05) is 0 Å². The lowest BCUT2D eigenvalue weighted by Gasteiger charge is -2.05. The van der Waals surface area contributed by atoms with Crippen LogP contribution in [-0.2, 0) is 4.74 Å². The Morgan fingerprint density at radius 1 is 1.27 bits per heavy atom. The molecule has 0 radical (unpaired) electrons. The SMILES string of the molecule is COC(=O)c1cc(C)sc1NC(=O)c1ccc([N+](=O)[O-])cc1. The summed E-state index contributed by atoms with van der Waals surface area (Å²) < 4.78 is 4.66. The molecular formula is C14H12N2O5S. The van der Waals surface area contributed by atoms with Crippen molar-refractivity contribution in [3.63, 3.8) is 0 Å². The molecule has 0 fully saturated rings. The number of thiophene rings is 1. The number of carbonyl (C=O) groups is 2. The van der Waals surface area contributed by atoms with E-state index in [-0.39, 0.29) is 16.8 Å². The van der Waals surface area contributed by atoms with Gasteiger partial charge in [0.05, 0.1) is 17.6 Å². The van der Waals surface area contributed by atoms with Crippen molar-refractivity contribution >= 4 is 33.9 Å². The standard InChI is InChI=1S/C14H12N2O5S/c1-8-7-11(14(18)21-2)13(22-8)15-12(17)9-3-5-10(6-4-9)16(19)20/h3-7H,1-2H3,(H,15,17). The van der Waals surface area contributed by atoms with Crippen molar-refractivity contribution in [1.29, 1.82) is 0 Å². The molecule has 0 atom stereocenters. The third-order valence-electron chi connectivity index (χ3n) is 2.83. The fourth-order valence-electron chi connectivity index (χ4n) is 1.78. The number of methoxy groups -OCH3 is 1. The van der Waals surface area contributed by atoms with E-state index in [1.54, 1.807) is 13.0 Å². The van der Waals surface area contributed by atoms with Gasteiger partial charge in [0, 0.05) is 22.6 Å². The normalized spacial score (nSPS) is 10.1. The minimum atomic E-state index is -0.542. The van der Waals surface area contributed by atoms with Crippen molar-refractivity contribution in [2.24, 2.45) is 0 Å². The van der Waals surface area contributed by atoms with E-state index >= 15 is 0 Å². The quantitative estimate of drug-likeness (QED) is 0.530. The van der Waals surface area contributed by atoms with Gasteiger partial charge in [-0.25, -0.2) is 4.79 Å². The van der Waals surface area contributed by atoms with Gasteiger partial charge in [-0.2, -0.15) is 0 Å². The van der Waals surface area contributed by atoms with Crippen molar-refractivity contribution in [2.75, 3.05) is 12.4 Å². The summed E-state index contributed by atoms with van der Waals surface area (Å²) in [5.74, 6) is -0.995. The number of nitro groups is 1. The summed E-state index contributed by atoms with van der Waals surface area (Å²) in [5.41, 5.74) is 0.437. The first-order valence-electron chi connectivity index (χ1n) is 6.17. The van der Waals surface area contributed by atoms with Crippen LogP contribution in [0.1, 0.15) is 25.6 Å². The molecule has 1 aromatic carbocycles. The van der Waals surface area contributed by atoms with Crippen LogP contribution in [-0.4, -0.2) is 23.9 Å². The average molecular weight is 320 g/mol. The summed E-state index contributed by atoms with van der Waals surface area (Å²) in [5, 5.41) is 13.6. The number of nitrogens with zero attached hydrogens (tertiary/aromatic N) is 1. The summed E-state index contributed by atoms with van der Waals surface area (Å²) in [4.78, 5) is 34.7. The minimum Gasteiger partial charge on any atom is -0.465 e. The van der Waals surface area contributed by atoms with E-state index in [1.807, 2.05) is 0 Å². The summed E-state index contributed by atoms with van der Waals surface area (Å²) in [6.07, 6.45) is 0. The molecule has 8 heteroatoms. The molecule has 1 N–H and O–H groups in total. The van der Waals surface area contributed by atoms with Crippen LogP contribution in [0, 0.1) is 17.0 Å². The van der Waals surface area contributed by atoms with E-state index in [4.69, 9.17) is 0 Å². The van der Waals surface area contributed by atoms with E-state index in [1.165, 1.54) is 42.7 Å². The molecule has 1 aromatic heterocycles. The predicted molar refractivity (Wildman–Crippen MR) is 81.4 cm³/mol. The lowest BCUT2D eigenvalue weighted by atomic mass is 10.2. The lowest BCUT2D eigenvalue weighted by Crippen LogP contribution is -2.13. The summed E-state index contributed by atoms with van der Waals surface area (Å²) in [6.45, 7) is 1.80. The Labute approximate surface area is 129 Å². The Balaban J connectivity index is 2.22. The molecule has 0 bridgehead atoms. The largest absolute Gasteiger partial charge is 0.465 e. The van der Waals surface area contributed by atoms with Crippen LogP contribution in [0.25, 0.3) is 0 Å². The number of nitro benzene ring substituents is 1. The second kappa shape index (κ2) is 6.35. The van der Waals surface area contributed by atoms with E-state index in [0.717, 1.165) is 4.88 Å². The van der Waals surface area contributed by atoms with Gasteiger partial charge in [-0.15, -0.1) is 11.3 Å². The van der Waals surface area contributed by atoms with Crippen molar-refractivity contribution in [1.82, 2.24) is 0 Å². The van der Waals surface area contributed by atoms with Crippen LogP contribution < -0.4 is 5.32 Å². The molecule has 0 saturated heterocycles. The predicted octanol–water partition coefficient (Wildman–Crippen LogP) is 3.00. The Morgan fingerprint density at radius 3 is 2.45 bits per heavy atom. The van der Waals surface area contributed by atoms with Gasteiger partial charge in [-0.05, 0) is 25.1 Å². The molecule has 114 valence electrons. The van der Waals surface area contributed by atoms with E-state index < -0.39 is 16.8 Å². The molecule has 0 spiro atoms. The van der Waals surface area contributed by atoms with Gasteiger partial charge < -0.3 is 10.1 Å². The van der Waals surface area contributed by atoms with Crippen molar-refractivity contribution in [3.05, 3.63) is 56.5 Å². The van der Waals surface area contributed by atoms with Crippen molar-refractivity contribution < 1.29 is 19.2 Å². The van der Waals surface area contributed by atoms with Crippen molar-refractivity contribution in [3.8, 4) is 0 Å². The number of amides is 1. The number of carbonyl (C=O) groups excluding carboxylic acids is 2. The van der Waals surface area contributed by atoms with Crippen LogP contribution >= 0.6 is 11.3 Å². The van der Waals surface area contributed by atoms with Gasteiger partial charge in [0.15, 0.2) is 0 Å².